The summed E-state index contributed by atoms with van der Waals surface area (Å²) >= 11 is 6.93. The Bertz CT molecular complexity index is 354. The van der Waals surface area contributed by atoms with Crippen LogP contribution in [0.25, 0.3) is 0 Å². The number of carbonyl (C=O) groups is 1. The van der Waals surface area contributed by atoms with E-state index in [-0.39, 0.29) is 11.9 Å². The maximum atomic E-state index is 11.9. The highest BCUT2D eigenvalue weighted by Gasteiger charge is 2.20. The summed E-state index contributed by atoms with van der Waals surface area (Å²) < 4.78 is 3.79. The van der Waals surface area contributed by atoms with Crippen LogP contribution in [0.5, 0.6) is 0 Å². The molecule has 0 spiro atoms. The van der Waals surface area contributed by atoms with Crippen LogP contribution in [-0.2, 0) is 6.42 Å². The molecular formula is C10H16ClN3OS. The lowest BCUT2D eigenvalue weighted by Gasteiger charge is -2.19. The number of alkyl halides is 1. The van der Waals surface area contributed by atoms with Crippen LogP contribution < -0.4 is 5.32 Å². The second kappa shape index (κ2) is 6.15. The molecule has 1 N–H and O–H groups in total. The summed E-state index contributed by atoms with van der Waals surface area (Å²) in [7, 11) is 0. The molecule has 1 rings (SSSR count). The van der Waals surface area contributed by atoms with Crippen molar-refractivity contribution in [3.8, 4) is 0 Å². The Hall–Kier alpha value is -0.680. The van der Waals surface area contributed by atoms with Crippen molar-refractivity contribution in [2.75, 3.05) is 5.88 Å². The summed E-state index contributed by atoms with van der Waals surface area (Å²) in [5, 5.41) is 6.81. The monoisotopic (exact) mass is 261 g/mol. The van der Waals surface area contributed by atoms with Gasteiger partial charge in [0.25, 0.3) is 5.91 Å². The molecule has 0 aliphatic heterocycles. The maximum Gasteiger partial charge on any atom is 0.265 e. The van der Waals surface area contributed by atoms with Crippen LogP contribution in [0, 0.1) is 5.92 Å². The van der Waals surface area contributed by atoms with Crippen molar-refractivity contribution in [3.05, 3.63) is 10.6 Å². The van der Waals surface area contributed by atoms with Gasteiger partial charge in [-0.3, -0.25) is 4.79 Å². The molecule has 0 bridgehead atoms. The first-order valence-electron chi connectivity index (χ1n) is 5.28. The predicted octanol–water partition coefficient (Wildman–Crippen LogP) is 2.09. The fraction of sp³-hybridized carbons (Fsp3) is 0.700. The van der Waals surface area contributed by atoms with E-state index in [9.17, 15) is 4.79 Å². The van der Waals surface area contributed by atoms with Gasteiger partial charge in [0, 0.05) is 11.9 Å². The summed E-state index contributed by atoms with van der Waals surface area (Å²) in [6, 6.07) is -0.0130. The van der Waals surface area contributed by atoms with Crippen LogP contribution in [0.3, 0.4) is 0 Å². The molecule has 1 aromatic rings. The molecule has 0 aromatic carbocycles. The van der Waals surface area contributed by atoms with E-state index in [1.165, 1.54) is 0 Å². The van der Waals surface area contributed by atoms with Gasteiger partial charge in [-0.2, -0.15) is 0 Å². The van der Waals surface area contributed by atoms with Crippen molar-refractivity contribution in [3.63, 3.8) is 0 Å². The van der Waals surface area contributed by atoms with E-state index in [4.69, 9.17) is 11.6 Å². The summed E-state index contributed by atoms with van der Waals surface area (Å²) in [5.74, 6) is 0.607. The van der Waals surface area contributed by atoms with Gasteiger partial charge >= 0.3 is 0 Å². The number of amides is 1. The van der Waals surface area contributed by atoms with E-state index in [1.54, 1.807) is 0 Å². The van der Waals surface area contributed by atoms with Crippen molar-refractivity contribution >= 4 is 29.0 Å². The molecular weight excluding hydrogens is 246 g/mol. The normalized spacial score (nSPS) is 12.8. The van der Waals surface area contributed by atoms with Gasteiger partial charge in [0.2, 0.25) is 0 Å². The molecule has 0 radical (unpaired) electrons. The summed E-state index contributed by atoms with van der Waals surface area (Å²) in [4.78, 5) is 12.5. The molecule has 90 valence electrons. The smallest absolute Gasteiger partial charge is 0.265 e. The number of nitrogens with zero attached hydrogens (tertiary/aromatic N) is 2. The lowest BCUT2D eigenvalue weighted by molar-refractivity contribution is 0.0934. The van der Waals surface area contributed by atoms with Crippen LogP contribution in [0.1, 0.15) is 36.1 Å². The van der Waals surface area contributed by atoms with E-state index in [0.29, 0.717) is 23.1 Å². The fourth-order valence-electron chi connectivity index (χ4n) is 1.23. The molecule has 1 atom stereocenters. The Morgan fingerprint density at radius 1 is 1.56 bits per heavy atom. The molecule has 0 saturated carbocycles. The maximum absolute atomic E-state index is 11.9. The van der Waals surface area contributed by atoms with Gasteiger partial charge in [-0.1, -0.05) is 25.3 Å². The second-order valence-corrected chi connectivity index (χ2v) is 4.94. The number of carbonyl (C=O) groups excluding carboxylic acids is 1. The molecule has 0 fully saturated rings. The van der Waals surface area contributed by atoms with Crippen LogP contribution in [0.2, 0.25) is 0 Å². The van der Waals surface area contributed by atoms with Gasteiger partial charge in [0.1, 0.15) is 4.88 Å². The van der Waals surface area contributed by atoms with Gasteiger partial charge in [-0.15, -0.1) is 16.7 Å². The highest BCUT2D eigenvalue weighted by atomic mass is 35.5. The summed E-state index contributed by atoms with van der Waals surface area (Å²) in [5.41, 5.74) is 0.750. The number of hydrogen-bond acceptors (Lipinski definition) is 4. The van der Waals surface area contributed by atoms with Gasteiger partial charge in [-0.05, 0) is 23.9 Å². The SMILES string of the molecule is CCc1nnsc1C(=O)NC(CCl)C(C)C. The molecule has 1 heterocycles. The summed E-state index contributed by atoms with van der Waals surface area (Å²) in [6.45, 7) is 6.01. The lowest BCUT2D eigenvalue weighted by Crippen LogP contribution is -2.39. The first-order valence-corrected chi connectivity index (χ1v) is 6.59. The molecule has 0 aliphatic carbocycles. The van der Waals surface area contributed by atoms with E-state index < -0.39 is 0 Å². The van der Waals surface area contributed by atoms with E-state index in [1.807, 2.05) is 20.8 Å². The molecule has 16 heavy (non-hydrogen) atoms. The highest BCUT2D eigenvalue weighted by Crippen LogP contribution is 2.12. The molecule has 1 aromatic heterocycles. The third-order valence-corrected chi connectivity index (χ3v) is 3.48. The Morgan fingerprint density at radius 3 is 2.75 bits per heavy atom. The molecule has 0 saturated heterocycles. The zero-order valence-corrected chi connectivity index (χ0v) is 11.2. The third kappa shape index (κ3) is 3.15. The van der Waals surface area contributed by atoms with Crippen LogP contribution in [0.15, 0.2) is 0 Å². The Labute approximate surface area is 105 Å². The van der Waals surface area contributed by atoms with Crippen molar-refractivity contribution in [2.24, 2.45) is 5.92 Å². The van der Waals surface area contributed by atoms with Crippen LogP contribution in [0.4, 0.5) is 0 Å². The van der Waals surface area contributed by atoms with Crippen molar-refractivity contribution in [1.82, 2.24) is 14.9 Å². The minimum Gasteiger partial charge on any atom is -0.347 e. The average molecular weight is 262 g/mol. The van der Waals surface area contributed by atoms with Crippen molar-refractivity contribution in [2.45, 2.75) is 33.2 Å². The zero-order valence-electron chi connectivity index (χ0n) is 9.66. The van der Waals surface area contributed by atoms with E-state index >= 15 is 0 Å². The zero-order chi connectivity index (χ0) is 12.1. The number of aryl methyl sites for hydroxylation is 1. The Balaban J connectivity index is 2.71. The predicted molar refractivity (Wildman–Crippen MR) is 66.1 cm³/mol. The summed E-state index contributed by atoms with van der Waals surface area (Å²) in [6.07, 6.45) is 0.715. The van der Waals surface area contributed by atoms with Gasteiger partial charge < -0.3 is 5.32 Å². The molecule has 4 nitrogen and oxygen atoms in total. The fourth-order valence-corrected chi connectivity index (χ4v) is 2.32. The minimum absolute atomic E-state index is 0.0130. The van der Waals surface area contributed by atoms with Crippen molar-refractivity contribution < 1.29 is 4.79 Å². The van der Waals surface area contributed by atoms with Crippen LogP contribution in [-0.4, -0.2) is 27.4 Å². The highest BCUT2D eigenvalue weighted by molar-refractivity contribution is 7.08. The number of rotatable bonds is 5. The third-order valence-electron chi connectivity index (χ3n) is 2.38. The van der Waals surface area contributed by atoms with Gasteiger partial charge in [0.05, 0.1) is 5.69 Å². The molecule has 6 heteroatoms. The molecule has 1 amide bonds. The van der Waals surface area contributed by atoms with Gasteiger partial charge in [0.15, 0.2) is 0 Å². The lowest BCUT2D eigenvalue weighted by atomic mass is 10.1. The van der Waals surface area contributed by atoms with Gasteiger partial charge in [-0.25, -0.2) is 0 Å². The number of hydrogen-bond donors (Lipinski definition) is 1. The Kier molecular flexibility index (Phi) is 5.15. The van der Waals surface area contributed by atoms with Crippen molar-refractivity contribution in [1.29, 1.82) is 0 Å². The molecule has 0 aliphatic rings. The second-order valence-electron chi connectivity index (χ2n) is 3.88. The topological polar surface area (TPSA) is 54.9 Å². The number of nitrogens with one attached hydrogen (secondary N) is 1. The quantitative estimate of drug-likeness (QED) is 0.826. The average Bonchev–Trinajstić information content (AvgIpc) is 2.72. The van der Waals surface area contributed by atoms with Crippen LogP contribution >= 0.6 is 23.1 Å². The number of halogens is 1. The first-order chi connectivity index (χ1) is 7.60. The first kappa shape index (κ1) is 13.4. The number of aromatic nitrogens is 2. The van der Waals surface area contributed by atoms with E-state index in [2.05, 4.69) is 14.9 Å². The largest absolute Gasteiger partial charge is 0.347 e. The Morgan fingerprint density at radius 2 is 2.25 bits per heavy atom. The minimum atomic E-state index is -0.119. The van der Waals surface area contributed by atoms with E-state index in [0.717, 1.165) is 17.2 Å². The standard InChI is InChI=1S/C10H16ClN3OS/c1-4-7-9(16-14-13-7)10(15)12-8(5-11)6(2)3/h6,8H,4-5H2,1-3H3,(H,12,15). The molecule has 1 unspecified atom stereocenters.